The van der Waals surface area contributed by atoms with Crippen LogP contribution in [0.2, 0.25) is 0 Å². The van der Waals surface area contributed by atoms with E-state index in [9.17, 15) is 4.79 Å². The molecule has 1 aromatic carbocycles. The molecule has 1 aliphatic rings. The van der Waals surface area contributed by atoms with E-state index in [2.05, 4.69) is 5.48 Å². The van der Waals surface area contributed by atoms with E-state index in [-0.39, 0.29) is 12.0 Å². The number of carbonyl (C=O) groups is 1. The van der Waals surface area contributed by atoms with Crippen molar-refractivity contribution in [3.8, 4) is 0 Å². The van der Waals surface area contributed by atoms with Gasteiger partial charge >= 0.3 is 5.97 Å². The van der Waals surface area contributed by atoms with Gasteiger partial charge in [-0.05, 0) is 43.7 Å². The smallest absolute Gasteiger partial charge is 0.329 e. The molecule has 4 heteroatoms. The third kappa shape index (κ3) is 4.65. The van der Waals surface area contributed by atoms with Crippen molar-refractivity contribution in [1.29, 1.82) is 0 Å². The number of nitrogens with one attached hydrogen (secondary N) is 1. The molecule has 0 aromatic heterocycles. The van der Waals surface area contributed by atoms with Crippen molar-refractivity contribution in [3.05, 3.63) is 35.9 Å². The topological polar surface area (TPSA) is 64.3 Å². The molecule has 0 spiro atoms. The van der Waals surface area contributed by atoms with E-state index in [0.717, 1.165) is 37.8 Å². The van der Waals surface area contributed by atoms with Crippen molar-refractivity contribution >= 4 is 5.97 Å². The Morgan fingerprint density at radius 1 is 1.21 bits per heavy atom. The highest BCUT2D eigenvalue weighted by Crippen LogP contribution is 2.23. The van der Waals surface area contributed by atoms with E-state index in [1.807, 2.05) is 30.3 Å². The Labute approximate surface area is 114 Å². The van der Waals surface area contributed by atoms with Gasteiger partial charge in [-0.1, -0.05) is 30.3 Å². The summed E-state index contributed by atoms with van der Waals surface area (Å²) in [6, 6.07) is 9.90. The number of nitrogens with two attached hydrogens (primary N) is 1. The molecule has 0 radical (unpaired) electrons. The van der Waals surface area contributed by atoms with Crippen LogP contribution < -0.4 is 11.2 Å². The standard InChI is InChI=1S/C15H22N2O2/c16-11-13-6-8-14(9-7-13)17-19-15(18)10-12-4-2-1-3-5-12/h1-5,13-14,17H,6-11,16H2. The van der Waals surface area contributed by atoms with Crippen LogP contribution in [-0.4, -0.2) is 18.6 Å². The molecule has 0 amide bonds. The minimum atomic E-state index is -0.229. The van der Waals surface area contributed by atoms with Gasteiger partial charge in [0.1, 0.15) is 0 Å². The molecule has 0 unspecified atom stereocenters. The minimum Gasteiger partial charge on any atom is -0.370 e. The molecule has 0 bridgehead atoms. The van der Waals surface area contributed by atoms with Crippen molar-refractivity contribution in [2.24, 2.45) is 11.7 Å². The van der Waals surface area contributed by atoms with Crippen molar-refractivity contribution in [3.63, 3.8) is 0 Å². The molecule has 1 saturated carbocycles. The van der Waals surface area contributed by atoms with Gasteiger partial charge in [-0.3, -0.25) is 4.79 Å². The summed E-state index contributed by atoms with van der Waals surface area (Å²) in [7, 11) is 0. The molecule has 3 N–H and O–H groups in total. The van der Waals surface area contributed by atoms with Gasteiger partial charge < -0.3 is 10.6 Å². The van der Waals surface area contributed by atoms with Crippen LogP contribution in [0.1, 0.15) is 31.2 Å². The van der Waals surface area contributed by atoms with Gasteiger partial charge in [-0.2, -0.15) is 5.48 Å². The van der Waals surface area contributed by atoms with Crippen molar-refractivity contribution in [1.82, 2.24) is 5.48 Å². The zero-order valence-electron chi connectivity index (χ0n) is 11.2. The molecule has 19 heavy (non-hydrogen) atoms. The predicted molar refractivity (Wildman–Crippen MR) is 74.2 cm³/mol. The average molecular weight is 262 g/mol. The van der Waals surface area contributed by atoms with Gasteiger partial charge in [0, 0.05) is 6.04 Å². The maximum atomic E-state index is 11.7. The Bertz CT molecular complexity index is 386. The van der Waals surface area contributed by atoms with E-state index < -0.39 is 0 Å². The minimum absolute atomic E-state index is 0.229. The molecule has 104 valence electrons. The summed E-state index contributed by atoms with van der Waals surface area (Å²) in [6.07, 6.45) is 4.60. The van der Waals surface area contributed by atoms with E-state index in [1.54, 1.807) is 0 Å². The number of carbonyl (C=O) groups excluding carboxylic acids is 1. The fourth-order valence-electron chi connectivity index (χ4n) is 2.46. The fraction of sp³-hybridized carbons (Fsp3) is 0.533. The summed E-state index contributed by atoms with van der Waals surface area (Å²) in [5.74, 6) is 0.408. The van der Waals surface area contributed by atoms with Gasteiger partial charge in [-0.15, -0.1) is 0 Å². The van der Waals surface area contributed by atoms with Crippen molar-refractivity contribution in [2.45, 2.75) is 38.1 Å². The van der Waals surface area contributed by atoms with Gasteiger partial charge in [-0.25, -0.2) is 0 Å². The lowest BCUT2D eigenvalue weighted by Crippen LogP contribution is -2.36. The summed E-state index contributed by atoms with van der Waals surface area (Å²) in [6.45, 7) is 0.764. The Hall–Kier alpha value is -1.39. The molecule has 2 rings (SSSR count). The number of hydrogen-bond acceptors (Lipinski definition) is 4. The molecule has 1 aliphatic carbocycles. The lowest BCUT2D eigenvalue weighted by molar-refractivity contribution is -0.152. The molecular formula is C15H22N2O2. The Balaban J connectivity index is 1.67. The van der Waals surface area contributed by atoms with Crippen molar-refractivity contribution < 1.29 is 9.63 Å². The third-order valence-corrected chi connectivity index (χ3v) is 3.71. The zero-order valence-corrected chi connectivity index (χ0v) is 11.2. The zero-order chi connectivity index (χ0) is 13.5. The quantitative estimate of drug-likeness (QED) is 0.794. The highest BCUT2D eigenvalue weighted by molar-refractivity contribution is 5.72. The molecular weight excluding hydrogens is 240 g/mol. The summed E-state index contributed by atoms with van der Waals surface area (Å²) < 4.78 is 0. The summed E-state index contributed by atoms with van der Waals surface area (Å²) >= 11 is 0. The fourth-order valence-corrected chi connectivity index (χ4v) is 2.46. The van der Waals surface area contributed by atoms with Crippen LogP contribution in [-0.2, 0) is 16.1 Å². The van der Waals surface area contributed by atoms with E-state index in [0.29, 0.717) is 12.3 Å². The van der Waals surface area contributed by atoms with E-state index in [1.165, 1.54) is 0 Å². The van der Waals surface area contributed by atoms with Crippen molar-refractivity contribution in [2.75, 3.05) is 6.54 Å². The summed E-state index contributed by atoms with van der Waals surface area (Å²) in [5.41, 5.74) is 9.52. The van der Waals surface area contributed by atoms with Crippen LogP contribution in [0.15, 0.2) is 30.3 Å². The van der Waals surface area contributed by atoms with Crippen LogP contribution in [0, 0.1) is 5.92 Å². The highest BCUT2D eigenvalue weighted by Gasteiger charge is 2.21. The number of rotatable bonds is 5. The van der Waals surface area contributed by atoms with Crippen LogP contribution in [0.25, 0.3) is 0 Å². The predicted octanol–water partition coefficient (Wildman–Crippen LogP) is 1.79. The molecule has 4 nitrogen and oxygen atoms in total. The lowest BCUT2D eigenvalue weighted by atomic mass is 9.86. The first-order valence-electron chi connectivity index (χ1n) is 6.97. The maximum Gasteiger partial charge on any atom is 0.329 e. The van der Waals surface area contributed by atoms with Gasteiger partial charge in [0.2, 0.25) is 0 Å². The molecule has 1 aromatic rings. The Morgan fingerprint density at radius 3 is 2.53 bits per heavy atom. The van der Waals surface area contributed by atoms with Gasteiger partial charge in [0.25, 0.3) is 0 Å². The molecule has 0 atom stereocenters. The first-order chi connectivity index (χ1) is 9.28. The van der Waals surface area contributed by atoms with E-state index >= 15 is 0 Å². The number of hydroxylamine groups is 1. The second-order valence-corrected chi connectivity index (χ2v) is 5.21. The van der Waals surface area contributed by atoms with Gasteiger partial charge in [0.05, 0.1) is 6.42 Å². The van der Waals surface area contributed by atoms with Gasteiger partial charge in [0.15, 0.2) is 0 Å². The molecule has 1 fully saturated rings. The second kappa shape index (κ2) is 7.26. The summed E-state index contributed by atoms with van der Waals surface area (Å²) in [5, 5.41) is 0. The van der Waals surface area contributed by atoms with Crippen LogP contribution >= 0.6 is 0 Å². The number of hydrogen-bond donors (Lipinski definition) is 2. The highest BCUT2D eigenvalue weighted by atomic mass is 16.7. The number of benzene rings is 1. The first kappa shape index (κ1) is 14.0. The molecule has 0 aliphatic heterocycles. The van der Waals surface area contributed by atoms with E-state index in [4.69, 9.17) is 10.6 Å². The van der Waals surface area contributed by atoms with Crippen LogP contribution in [0.5, 0.6) is 0 Å². The average Bonchev–Trinajstić information content (AvgIpc) is 2.47. The first-order valence-corrected chi connectivity index (χ1v) is 6.97. The van der Waals surface area contributed by atoms with Crippen LogP contribution in [0.3, 0.4) is 0 Å². The Morgan fingerprint density at radius 2 is 1.89 bits per heavy atom. The second-order valence-electron chi connectivity index (χ2n) is 5.21. The molecule has 0 heterocycles. The Kier molecular flexibility index (Phi) is 5.36. The lowest BCUT2D eigenvalue weighted by Gasteiger charge is -2.27. The normalized spacial score (nSPS) is 23.0. The third-order valence-electron chi connectivity index (χ3n) is 3.71. The monoisotopic (exact) mass is 262 g/mol. The largest absolute Gasteiger partial charge is 0.370 e. The maximum absolute atomic E-state index is 11.7. The summed E-state index contributed by atoms with van der Waals surface area (Å²) in [4.78, 5) is 16.8. The SMILES string of the molecule is NCC1CCC(NOC(=O)Cc2ccccc2)CC1. The molecule has 0 saturated heterocycles. The van der Waals surface area contributed by atoms with Crippen LogP contribution in [0.4, 0.5) is 0 Å².